The van der Waals surface area contributed by atoms with Crippen LogP contribution in [0.25, 0.3) is 0 Å². The molecule has 0 unspecified atom stereocenters. The minimum atomic E-state index is -0.276. The fourth-order valence-corrected chi connectivity index (χ4v) is 3.49. The van der Waals surface area contributed by atoms with E-state index in [1.165, 1.54) is 29.6 Å². The first-order chi connectivity index (χ1) is 14.1. The zero-order valence-corrected chi connectivity index (χ0v) is 16.8. The third-order valence-electron chi connectivity index (χ3n) is 5.20. The highest BCUT2D eigenvalue weighted by atomic mass is 19.1. The molecule has 0 N–H and O–H groups in total. The number of ether oxygens (including phenoxy) is 1. The molecule has 2 aromatic carbocycles. The number of piperazine rings is 1. The highest BCUT2D eigenvalue weighted by Gasteiger charge is 2.19. The first-order valence-corrected chi connectivity index (χ1v) is 9.86. The Morgan fingerprint density at radius 3 is 2.41 bits per heavy atom. The van der Waals surface area contributed by atoms with Crippen molar-refractivity contribution in [3.05, 3.63) is 77.4 Å². The van der Waals surface area contributed by atoms with Gasteiger partial charge >= 0.3 is 0 Å². The van der Waals surface area contributed by atoms with Gasteiger partial charge in [-0.2, -0.15) is 0 Å². The summed E-state index contributed by atoms with van der Waals surface area (Å²) < 4.78 is 19.1. The molecular formula is C23H25FN4O. The van der Waals surface area contributed by atoms with Crippen LogP contribution in [0.5, 0.6) is 11.6 Å². The van der Waals surface area contributed by atoms with Crippen molar-refractivity contribution < 1.29 is 9.13 Å². The Morgan fingerprint density at radius 1 is 0.931 bits per heavy atom. The molecule has 0 spiro atoms. The van der Waals surface area contributed by atoms with E-state index >= 15 is 0 Å². The molecule has 4 rings (SSSR count). The lowest BCUT2D eigenvalue weighted by Crippen LogP contribution is -2.46. The lowest BCUT2D eigenvalue weighted by atomic mass is 10.1. The average molecular weight is 392 g/mol. The van der Waals surface area contributed by atoms with Gasteiger partial charge in [0.05, 0.1) is 0 Å². The Balaban J connectivity index is 1.37. The molecule has 0 bridgehead atoms. The van der Waals surface area contributed by atoms with Crippen LogP contribution < -0.4 is 9.64 Å². The second kappa shape index (κ2) is 8.57. The van der Waals surface area contributed by atoms with Crippen molar-refractivity contribution in [2.75, 3.05) is 31.1 Å². The van der Waals surface area contributed by atoms with E-state index in [0.717, 1.165) is 44.1 Å². The normalized spacial score (nSPS) is 14.8. The summed E-state index contributed by atoms with van der Waals surface area (Å²) >= 11 is 0. The minimum Gasteiger partial charge on any atom is -0.439 e. The quantitative estimate of drug-likeness (QED) is 0.646. The predicted molar refractivity (Wildman–Crippen MR) is 112 cm³/mol. The van der Waals surface area contributed by atoms with Crippen LogP contribution in [0.3, 0.4) is 0 Å². The summed E-state index contributed by atoms with van der Waals surface area (Å²) in [4.78, 5) is 13.3. The zero-order valence-electron chi connectivity index (χ0n) is 16.8. The largest absolute Gasteiger partial charge is 0.439 e. The number of halogens is 1. The summed E-state index contributed by atoms with van der Waals surface area (Å²) in [6.07, 6.45) is 1.52. The molecule has 0 aliphatic carbocycles. The van der Waals surface area contributed by atoms with Crippen LogP contribution in [0.15, 0.2) is 54.9 Å². The standard InChI is InChI=1S/C23H25FN4O/c1-17-3-5-19(6-4-17)15-27-9-11-28(12-10-27)22-14-23(26-16-25-22)29-21-8-7-20(24)13-18(21)2/h3-8,13-14,16H,9-12,15H2,1-2H3. The molecule has 0 amide bonds. The second-order valence-corrected chi connectivity index (χ2v) is 7.48. The van der Waals surface area contributed by atoms with Crippen molar-refractivity contribution in [1.29, 1.82) is 0 Å². The van der Waals surface area contributed by atoms with E-state index in [1.54, 1.807) is 6.07 Å². The van der Waals surface area contributed by atoms with Crippen molar-refractivity contribution >= 4 is 5.82 Å². The molecular weight excluding hydrogens is 367 g/mol. The Kier molecular flexibility index (Phi) is 5.71. The zero-order chi connectivity index (χ0) is 20.2. The highest BCUT2D eigenvalue weighted by molar-refractivity contribution is 5.43. The van der Waals surface area contributed by atoms with Gasteiger partial charge in [-0.1, -0.05) is 29.8 Å². The number of anilines is 1. The van der Waals surface area contributed by atoms with Crippen molar-refractivity contribution in [2.24, 2.45) is 0 Å². The number of benzene rings is 2. The van der Waals surface area contributed by atoms with E-state index in [2.05, 4.69) is 51.0 Å². The van der Waals surface area contributed by atoms with E-state index in [1.807, 2.05) is 13.0 Å². The molecule has 150 valence electrons. The number of hydrogen-bond donors (Lipinski definition) is 0. The van der Waals surface area contributed by atoms with Crippen LogP contribution in [-0.4, -0.2) is 41.0 Å². The lowest BCUT2D eigenvalue weighted by molar-refractivity contribution is 0.249. The molecule has 1 aliphatic rings. The van der Waals surface area contributed by atoms with Gasteiger partial charge in [0.1, 0.15) is 23.7 Å². The highest BCUT2D eigenvalue weighted by Crippen LogP contribution is 2.26. The van der Waals surface area contributed by atoms with E-state index in [0.29, 0.717) is 11.6 Å². The number of aryl methyl sites for hydroxylation is 2. The van der Waals surface area contributed by atoms with Gasteiger partial charge in [0.15, 0.2) is 0 Å². The molecule has 6 heteroatoms. The van der Waals surface area contributed by atoms with Crippen LogP contribution >= 0.6 is 0 Å². The summed E-state index contributed by atoms with van der Waals surface area (Å²) in [5.74, 6) is 1.64. The fourth-order valence-electron chi connectivity index (χ4n) is 3.49. The molecule has 29 heavy (non-hydrogen) atoms. The lowest BCUT2D eigenvalue weighted by Gasteiger charge is -2.35. The number of nitrogens with zero attached hydrogens (tertiary/aromatic N) is 4. The molecule has 0 atom stereocenters. The Morgan fingerprint density at radius 2 is 1.69 bits per heavy atom. The minimum absolute atomic E-state index is 0.276. The number of rotatable bonds is 5. The predicted octanol–water partition coefficient (Wildman–Crippen LogP) is 4.35. The van der Waals surface area contributed by atoms with Crippen LogP contribution in [0.1, 0.15) is 16.7 Å². The average Bonchev–Trinajstić information content (AvgIpc) is 2.73. The maximum absolute atomic E-state index is 13.3. The summed E-state index contributed by atoms with van der Waals surface area (Å²) in [7, 11) is 0. The van der Waals surface area contributed by atoms with Gasteiger partial charge in [0.25, 0.3) is 0 Å². The molecule has 0 saturated carbocycles. The van der Waals surface area contributed by atoms with Gasteiger partial charge in [0.2, 0.25) is 5.88 Å². The van der Waals surface area contributed by atoms with Crippen molar-refractivity contribution in [3.63, 3.8) is 0 Å². The van der Waals surface area contributed by atoms with Gasteiger partial charge < -0.3 is 9.64 Å². The number of hydrogen-bond acceptors (Lipinski definition) is 5. The van der Waals surface area contributed by atoms with E-state index in [-0.39, 0.29) is 5.82 Å². The third kappa shape index (κ3) is 4.90. The molecule has 0 radical (unpaired) electrons. The monoisotopic (exact) mass is 392 g/mol. The summed E-state index contributed by atoms with van der Waals surface area (Å²) in [6, 6.07) is 15.0. The first-order valence-electron chi connectivity index (χ1n) is 9.86. The van der Waals surface area contributed by atoms with Crippen molar-refractivity contribution in [3.8, 4) is 11.6 Å². The van der Waals surface area contributed by atoms with E-state index < -0.39 is 0 Å². The molecule has 5 nitrogen and oxygen atoms in total. The van der Waals surface area contributed by atoms with Gasteiger partial charge in [0, 0.05) is 38.8 Å². The first kappa shape index (κ1) is 19.3. The van der Waals surface area contributed by atoms with Gasteiger partial charge in [-0.15, -0.1) is 0 Å². The van der Waals surface area contributed by atoms with Crippen molar-refractivity contribution in [2.45, 2.75) is 20.4 Å². The van der Waals surface area contributed by atoms with Crippen LogP contribution in [0, 0.1) is 19.7 Å². The maximum atomic E-state index is 13.3. The topological polar surface area (TPSA) is 41.5 Å². The van der Waals surface area contributed by atoms with Crippen molar-refractivity contribution in [1.82, 2.24) is 14.9 Å². The summed E-state index contributed by atoms with van der Waals surface area (Å²) in [5.41, 5.74) is 3.36. The summed E-state index contributed by atoms with van der Waals surface area (Å²) in [6.45, 7) is 8.65. The van der Waals surface area contributed by atoms with Crippen LogP contribution in [-0.2, 0) is 6.54 Å². The Bertz CT molecular complexity index is 969. The van der Waals surface area contributed by atoms with Crippen LogP contribution in [0.4, 0.5) is 10.2 Å². The molecule has 2 heterocycles. The third-order valence-corrected chi connectivity index (χ3v) is 5.20. The Labute approximate surface area is 170 Å². The van der Waals surface area contributed by atoms with E-state index in [4.69, 9.17) is 4.74 Å². The second-order valence-electron chi connectivity index (χ2n) is 7.48. The van der Waals surface area contributed by atoms with Gasteiger partial charge in [-0.05, 0) is 43.2 Å². The molecule has 1 aromatic heterocycles. The van der Waals surface area contributed by atoms with Gasteiger partial charge in [-0.25, -0.2) is 14.4 Å². The molecule has 1 saturated heterocycles. The number of aromatic nitrogens is 2. The SMILES string of the molecule is Cc1ccc(CN2CCN(c3cc(Oc4ccc(F)cc4C)ncn3)CC2)cc1. The molecule has 1 fully saturated rings. The van der Waals surface area contributed by atoms with Gasteiger partial charge in [-0.3, -0.25) is 4.90 Å². The summed E-state index contributed by atoms with van der Waals surface area (Å²) in [5, 5.41) is 0. The Hall–Kier alpha value is -2.99. The maximum Gasteiger partial charge on any atom is 0.224 e. The van der Waals surface area contributed by atoms with E-state index in [9.17, 15) is 4.39 Å². The van der Waals surface area contributed by atoms with Crippen LogP contribution in [0.2, 0.25) is 0 Å². The molecule has 1 aliphatic heterocycles. The smallest absolute Gasteiger partial charge is 0.224 e. The molecule has 3 aromatic rings. The fraction of sp³-hybridized carbons (Fsp3) is 0.304.